The van der Waals surface area contributed by atoms with Crippen molar-refractivity contribution in [3.63, 3.8) is 0 Å². The van der Waals surface area contributed by atoms with E-state index in [2.05, 4.69) is 11.6 Å². The lowest BCUT2D eigenvalue weighted by Gasteiger charge is -2.20. The normalized spacial score (nSPS) is 11.2. The van der Waals surface area contributed by atoms with Gasteiger partial charge in [0.05, 0.1) is 16.1 Å². The number of nitrogens with one attached hydrogen (secondary N) is 1. The summed E-state index contributed by atoms with van der Waals surface area (Å²) in [5, 5.41) is 9.45. The van der Waals surface area contributed by atoms with Crippen LogP contribution in [-0.2, 0) is 10.0 Å². The molecule has 2 aromatic carbocycles. The molecule has 0 spiro atoms. The van der Waals surface area contributed by atoms with Crippen molar-refractivity contribution in [2.45, 2.75) is 24.7 Å². The first-order valence-electron chi connectivity index (χ1n) is 8.11. The van der Waals surface area contributed by atoms with Gasteiger partial charge in [0.15, 0.2) is 0 Å². The van der Waals surface area contributed by atoms with E-state index in [0.29, 0.717) is 5.69 Å². The van der Waals surface area contributed by atoms with Crippen LogP contribution in [0.2, 0.25) is 0 Å². The van der Waals surface area contributed by atoms with Crippen LogP contribution >= 0.6 is 0 Å². The largest absolute Gasteiger partial charge is 0.478 e. The second-order valence-electron chi connectivity index (χ2n) is 5.87. The van der Waals surface area contributed by atoms with Crippen molar-refractivity contribution in [3.05, 3.63) is 53.8 Å². The summed E-state index contributed by atoms with van der Waals surface area (Å²) < 4.78 is 40.1. The average molecular weight is 380 g/mol. The fourth-order valence-corrected chi connectivity index (χ4v) is 3.46. The quantitative estimate of drug-likeness (QED) is 0.731. The van der Waals surface area contributed by atoms with Gasteiger partial charge in [-0.25, -0.2) is 17.6 Å². The van der Waals surface area contributed by atoms with Gasteiger partial charge in [-0.1, -0.05) is 13.3 Å². The zero-order chi connectivity index (χ0) is 19.3. The van der Waals surface area contributed by atoms with Crippen LogP contribution < -0.4 is 9.62 Å². The van der Waals surface area contributed by atoms with Gasteiger partial charge in [0.2, 0.25) is 0 Å². The molecule has 0 fully saturated rings. The Bertz CT molecular complexity index is 883. The van der Waals surface area contributed by atoms with Crippen molar-refractivity contribution >= 4 is 27.4 Å². The zero-order valence-corrected chi connectivity index (χ0v) is 15.4. The first kappa shape index (κ1) is 19.7. The number of halogens is 1. The van der Waals surface area contributed by atoms with E-state index in [0.717, 1.165) is 43.7 Å². The van der Waals surface area contributed by atoms with Gasteiger partial charge in [0.1, 0.15) is 5.82 Å². The van der Waals surface area contributed by atoms with E-state index < -0.39 is 21.8 Å². The number of benzene rings is 2. The van der Waals surface area contributed by atoms with Crippen molar-refractivity contribution in [3.8, 4) is 0 Å². The van der Waals surface area contributed by atoms with E-state index in [1.807, 2.05) is 11.9 Å². The molecule has 0 aliphatic carbocycles. The van der Waals surface area contributed by atoms with E-state index in [1.54, 1.807) is 6.07 Å². The molecule has 0 saturated heterocycles. The molecule has 26 heavy (non-hydrogen) atoms. The van der Waals surface area contributed by atoms with Crippen molar-refractivity contribution in [1.29, 1.82) is 0 Å². The summed E-state index contributed by atoms with van der Waals surface area (Å²) in [6, 6.07) is 8.79. The Morgan fingerprint density at radius 2 is 1.85 bits per heavy atom. The highest BCUT2D eigenvalue weighted by Gasteiger charge is 2.19. The number of carboxylic acids is 1. The van der Waals surface area contributed by atoms with Gasteiger partial charge in [-0.15, -0.1) is 0 Å². The highest BCUT2D eigenvalue weighted by atomic mass is 32.2. The third kappa shape index (κ3) is 4.72. The maximum Gasteiger partial charge on any atom is 0.337 e. The predicted molar refractivity (Wildman–Crippen MR) is 98.8 cm³/mol. The van der Waals surface area contributed by atoms with E-state index in [9.17, 15) is 22.7 Å². The molecule has 2 aromatic rings. The van der Waals surface area contributed by atoms with Crippen molar-refractivity contribution in [1.82, 2.24) is 0 Å². The van der Waals surface area contributed by atoms with Crippen LogP contribution in [0.1, 0.15) is 30.1 Å². The number of hydrogen-bond acceptors (Lipinski definition) is 4. The Labute approximate surface area is 152 Å². The van der Waals surface area contributed by atoms with Crippen molar-refractivity contribution < 1.29 is 22.7 Å². The Hall–Kier alpha value is -2.61. The number of rotatable bonds is 8. The maximum atomic E-state index is 13.0. The molecule has 0 radical (unpaired) electrons. The summed E-state index contributed by atoms with van der Waals surface area (Å²) in [4.78, 5) is 13.3. The van der Waals surface area contributed by atoms with Gasteiger partial charge >= 0.3 is 5.97 Å². The molecule has 0 aromatic heterocycles. The number of unbranched alkanes of at least 4 members (excludes halogenated alkanes) is 1. The Kier molecular flexibility index (Phi) is 6.20. The summed E-state index contributed by atoms with van der Waals surface area (Å²) in [5.74, 6) is -1.80. The minimum atomic E-state index is -4.03. The Morgan fingerprint density at radius 3 is 2.42 bits per heavy atom. The number of nitrogens with zero attached hydrogens (tertiary/aromatic N) is 1. The molecule has 2 N–H and O–H groups in total. The van der Waals surface area contributed by atoms with Crippen LogP contribution in [0.25, 0.3) is 0 Å². The lowest BCUT2D eigenvalue weighted by molar-refractivity contribution is 0.0698. The molecule has 0 saturated carbocycles. The Morgan fingerprint density at radius 1 is 1.19 bits per heavy atom. The standard InChI is InChI=1S/C18H21FN2O4S/c1-3-4-11-21(2)14-7-10-17(16(12-14)18(22)23)20-26(24,25)15-8-5-13(19)6-9-15/h5-10,12,20H,3-4,11H2,1-2H3,(H,22,23). The third-order valence-corrected chi connectivity index (χ3v) is 5.27. The summed E-state index contributed by atoms with van der Waals surface area (Å²) in [6.07, 6.45) is 1.96. The smallest absolute Gasteiger partial charge is 0.337 e. The molecule has 6 nitrogen and oxygen atoms in total. The van der Waals surface area contributed by atoms with Crippen LogP contribution in [0.3, 0.4) is 0 Å². The molecule has 140 valence electrons. The molecular formula is C18H21FN2O4S. The van der Waals surface area contributed by atoms with Gasteiger partial charge in [-0.05, 0) is 48.9 Å². The number of anilines is 2. The third-order valence-electron chi connectivity index (χ3n) is 3.89. The van der Waals surface area contributed by atoms with Crippen molar-refractivity contribution in [2.75, 3.05) is 23.2 Å². The van der Waals surface area contributed by atoms with Crippen LogP contribution in [0.4, 0.5) is 15.8 Å². The second-order valence-corrected chi connectivity index (χ2v) is 7.55. The summed E-state index contributed by atoms with van der Waals surface area (Å²) in [6.45, 7) is 2.82. The van der Waals surface area contributed by atoms with Gasteiger partial charge in [0, 0.05) is 19.3 Å². The van der Waals surface area contributed by atoms with Gasteiger partial charge in [0.25, 0.3) is 10.0 Å². The fourth-order valence-electron chi connectivity index (χ4n) is 2.38. The molecule has 0 aliphatic rings. The maximum absolute atomic E-state index is 13.0. The van der Waals surface area contributed by atoms with Gasteiger partial charge in [-0.2, -0.15) is 0 Å². The molecule has 8 heteroatoms. The van der Waals surface area contributed by atoms with E-state index in [4.69, 9.17) is 0 Å². The summed E-state index contributed by atoms with van der Waals surface area (Å²) in [5.41, 5.74) is 0.478. The monoisotopic (exact) mass is 380 g/mol. The number of aromatic carboxylic acids is 1. The molecule has 0 bridgehead atoms. The summed E-state index contributed by atoms with van der Waals surface area (Å²) >= 11 is 0. The van der Waals surface area contributed by atoms with Crippen LogP contribution in [0.15, 0.2) is 47.4 Å². The minimum absolute atomic E-state index is 0.0468. The van der Waals surface area contributed by atoms with Crippen LogP contribution in [0, 0.1) is 5.82 Å². The van der Waals surface area contributed by atoms with Crippen molar-refractivity contribution in [2.24, 2.45) is 0 Å². The second kappa shape index (κ2) is 8.18. The van der Waals surface area contributed by atoms with E-state index in [-0.39, 0.29) is 16.1 Å². The highest BCUT2D eigenvalue weighted by Crippen LogP contribution is 2.25. The number of sulfonamides is 1. The topological polar surface area (TPSA) is 86.7 Å². The lowest BCUT2D eigenvalue weighted by atomic mass is 10.1. The average Bonchev–Trinajstić information content (AvgIpc) is 2.59. The Balaban J connectivity index is 2.34. The molecule has 0 aliphatic heterocycles. The minimum Gasteiger partial charge on any atom is -0.478 e. The number of carbonyl (C=O) groups is 1. The van der Waals surface area contributed by atoms with Gasteiger partial charge < -0.3 is 10.0 Å². The SMILES string of the molecule is CCCCN(C)c1ccc(NS(=O)(=O)c2ccc(F)cc2)c(C(=O)O)c1. The van der Waals surface area contributed by atoms with Crippen LogP contribution in [-0.4, -0.2) is 33.1 Å². The summed E-state index contributed by atoms with van der Waals surface area (Å²) in [7, 11) is -2.18. The number of hydrogen-bond donors (Lipinski definition) is 2. The molecular weight excluding hydrogens is 359 g/mol. The fraction of sp³-hybridized carbons (Fsp3) is 0.278. The van der Waals surface area contributed by atoms with Crippen LogP contribution in [0.5, 0.6) is 0 Å². The molecule has 0 unspecified atom stereocenters. The first-order valence-corrected chi connectivity index (χ1v) is 9.60. The van der Waals surface area contributed by atoms with E-state index in [1.165, 1.54) is 12.1 Å². The molecule has 0 atom stereocenters. The lowest BCUT2D eigenvalue weighted by Crippen LogP contribution is -2.20. The first-order chi connectivity index (χ1) is 12.2. The molecule has 0 heterocycles. The van der Waals surface area contributed by atoms with E-state index >= 15 is 0 Å². The highest BCUT2D eigenvalue weighted by molar-refractivity contribution is 7.92. The predicted octanol–water partition coefficient (Wildman–Crippen LogP) is 3.56. The molecule has 0 amide bonds. The molecule has 2 rings (SSSR count). The van der Waals surface area contributed by atoms with Gasteiger partial charge in [-0.3, -0.25) is 4.72 Å². The zero-order valence-electron chi connectivity index (χ0n) is 14.6. The number of carboxylic acid groups (broad SMARTS) is 1.